The molecule has 450 valence electrons. The minimum Gasteiger partial charge on any atom is -0.508 e. The number of aromatic hydroxyl groups is 8. The van der Waals surface area contributed by atoms with Crippen LogP contribution in [0.5, 0.6) is 46.0 Å². The van der Waals surface area contributed by atoms with E-state index in [-0.39, 0.29) is 16.2 Å². The third-order valence-corrected chi connectivity index (χ3v) is 17.2. The molecular weight excluding hydrogens is 1040 g/mol. The van der Waals surface area contributed by atoms with E-state index in [1.54, 1.807) is 48.5 Å². The highest BCUT2D eigenvalue weighted by molar-refractivity contribution is 5.51. The van der Waals surface area contributed by atoms with Gasteiger partial charge in [-0.2, -0.15) is 0 Å². The molecule has 0 aromatic heterocycles. The summed E-state index contributed by atoms with van der Waals surface area (Å²) < 4.78 is 0. The molecule has 0 spiro atoms. The first-order valence-electron chi connectivity index (χ1n) is 29.8. The molecule has 0 aliphatic rings. The predicted octanol–water partition coefficient (Wildman–Crippen LogP) is 19.6. The number of phenolic OH excluding ortho intramolecular Hbond substituents is 8. The molecule has 8 aromatic rings. The summed E-state index contributed by atoms with van der Waals surface area (Å²) in [6.07, 6.45) is 5.39. The summed E-state index contributed by atoms with van der Waals surface area (Å²) in [6.45, 7) is 37.1. The fourth-order valence-electron chi connectivity index (χ4n) is 10.5. The highest BCUT2D eigenvalue weighted by atomic mass is 16.3. The van der Waals surface area contributed by atoms with Crippen molar-refractivity contribution in [3.63, 3.8) is 0 Å². The van der Waals surface area contributed by atoms with Gasteiger partial charge in [-0.3, -0.25) is 0 Å². The summed E-state index contributed by atoms with van der Waals surface area (Å²) >= 11 is 0. The third-order valence-electron chi connectivity index (χ3n) is 17.2. The van der Waals surface area contributed by atoms with Gasteiger partial charge in [0.1, 0.15) is 46.0 Å². The second kappa shape index (κ2) is 30.1. The Kier molecular flexibility index (Phi) is 24.6. The van der Waals surface area contributed by atoms with Gasteiger partial charge >= 0.3 is 0 Å². The van der Waals surface area contributed by atoms with E-state index in [1.807, 2.05) is 128 Å². The summed E-state index contributed by atoms with van der Waals surface area (Å²) in [5, 5.41) is 77.6. The maximum Gasteiger partial charge on any atom is 0.118 e. The molecule has 1 atom stereocenters. The fraction of sp³-hybridized carbons (Fsp3) is 0.368. The Bertz CT molecular complexity index is 3230. The lowest BCUT2D eigenvalue weighted by atomic mass is 9.66. The van der Waals surface area contributed by atoms with E-state index in [0.29, 0.717) is 57.8 Å². The molecule has 8 aromatic carbocycles. The monoisotopic (exact) mass is 1140 g/mol. The van der Waals surface area contributed by atoms with Gasteiger partial charge in [0.15, 0.2) is 0 Å². The van der Waals surface area contributed by atoms with Gasteiger partial charge in [0.2, 0.25) is 0 Å². The van der Waals surface area contributed by atoms with Crippen molar-refractivity contribution in [2.45, 2.75) is 179 Å². The van der Waals surface area contributed by atoms with Crippen LogP contribution in [0.1, 0.15) is 196 Å². The van der Waals surface area contributed by atoms with Crippen molar-refractivity contribution in [2.75, 3.05) is 0 Å². The summed E-state index contributed by atoms with van der Waals surface area (Å²) in [5.74, 6) is 3.37. The molecule has 0 saturated carbocycles. The number of hydrogen-bond acceptors (Lipinski definition) is 8. The lowest BCUT2D eigenvalue weighted by Crippen LogP contribution is -2.31. The first-order chi connectivity index (χ1) is 39.4. The number of phenols is 8. The van der Waals surface area contributed by atoms with E-state index in [0.717, 1.165) is 81.3 Å². The Morgan fingerprint density at radius 3 is 0.821 bits per heavy atom. The van der Waals surface area contributed by atoms with Gasteiger partial charge in [0.05, 0.1) is 0 Å². The van der Waals surface area contributed by atoms with Crippen molar-refractivity contribution in [3.05, 3.63) is 235 Å². The van der Waals surface area contributed by atoms with Crippen LogP contribution in [-0.4, -0.2) is 40.9 Å². The molecule has 8 heteroatoms. The van der Waals surface area contributed by atoms with Crippen molar-refractivity contribution < 1.29 is 40.9 Å². The van der Waals surface area contributed by atoms with Crippen molar-refractivity contribution in [1.29, 1.82) is 0 Å². The van der Waals surface area contributed by atoms with Crippen LogP contribution in [-0.2, 0) is 16.2 Å². The van der Waals surface area contributed by atoms with Gasteiger partial charge in [-0.15, -0.1) is 0 Å². The van der Waals surface area contributed by atoms with Gasteiger partial charge in [-0.1, -0.05) is 186 Å². The highest BCUT2D eigenvalue weighted by Gasteiger charge is 2.35. The molecule has 0 amide bonds. The maximum atomic E-state index is 9.82. The standard InChI is InChI=1S/C20H26O2.2C18H22O2.C17H20O2.C3H8/c1-6-15(4)20(5,16-7-9-18(21)13(2)11-16)17-8-10-19(22)14(3)12-17;1-5-18(4,14-6-8-16(19)12(2)10-14)15-7-9-17(20)13(3)11-15;1-4-5-16(14-6-8-17(19)12(2)10-14)15-7-9-18(20)13(3)11-15;1-11-9-13(5-7-15(11)18)17(3,4)14-6-8-16(19)12(2)10-14;1-3-2/h7-12,15,21-22H,6H2,1-5H3;6-11,19-20H,5H2,1-4H3;6-11,16,19-20H,4-5H2,1-3H3;5-10,18-19H,1-4H3;3H2,1-2H3. The molecule has 0 heterocycles. The molecule has 0 radical (unpaired) electrons. The van der Waals surface area contributed by atoms with Crippen molar-refractivity contribution >= 4 is 0 Å². The van der Waals surface area contributed by atoms with Gasteiger partial charge in [0, 0.05) is 22.2 Å². The first-order valence-corrected chi connectivity index (χ1v) is 29.8. The SMILES string of the molecule is CCC.CCC(C)(c1ccc(O)c(C)c1)c1ccc(O)c(C)c1.CCC(C)C(C)(c1ccc(O)c(C)c1)c1ccc(O)c(C)c1.CCCC(c1ccc(O)c(C)c1)c1ccc(O)c(C)c1.Cc1cc(C(C)(C)c2ccc(O)c(C)c2)ccc1O. The van der Waals surface area contributed by atoms with Crippen LogP contribution in [0, 0.1) is 61.3 Å². The highest BCUT2D eigenvalue weighted by Crippen LogP contribution is 2.44. The number of hydrogen-bond donors (Lipinski definition) is 8. The minimum atomic E-state index is -0.170. The van der Waals surface area contributed by atoms with Crippen LogP contribution < -0.4 is 0 Å². The molecule has 0 bridgehead atoms. The van der Waals surface area contributed by atoms with Crippen LogP contribution in [0.25, 0.3) is 0 Å². The lowest BCUT2D eigenvalue weighted by Gasteiger charge is -2.37. The molecule has 8 N–H and O–H groups in total. The Hall–Kier alpha value is -7.84. The summed E-state index contributed by atoms with van der Waals surface area (Å²) in [6, 6.07) is 46.3. The predicted molar refractivity (Wildman–Crippen MR) is 350 cm³/mol. The van der Waals surface area contributed by atoms with Crippen molar-refractivity contribution in [2.24, 2.45) is 5.92 Å². The Morgan fingerprint density at radius 2 is 0.571 bits per heavy atom. The average Bonchev–Trinajstić information content (AvgIpc) is 3.67. The molecule has 0 aliphatic carbocycles. The number of benzene rings is 8. The fourth-order valence-corrected chi connectivity index (χ4v) is 10.5. The summed E-state index contributed by atoms with van der Waals surface area (Å²) in [5.41, 5.74) is 16.1. The second-order valence-electron chi connectivity index (χ2n) is 24.0. The van der Waals surface area contributed by atoms with Gasteiger partial charge < -0.3 is 40.9 Å². The van der Waals surface area contributed by atoms with Crippen LogP contribution in [0.4, 0.5) is 0 Å². The minimum absolute atomic E-state index is 0.128. The zero-order valence-electron chi connectivity index (χ0n) is 53.6. The number of rotatable bonds is 13. The van der Waals surface area contributed by atoms with Gasteiger partial charge in [0.25, 0.3) is 0 Å². The average molecular weight is 1140 g/mol. The Balaban J connectivity index is 0.000000237. The van der Waals surface area contributed by atoms with Crippen molar-refractivity contribution in [3.8, 4) is 46.0 Å². The summed E-state index contributed by atoms with van der Waals surface area (Å²) in [7, 11) is 0. The van der Waals surface area contributed by atoms with E-state index in [4.69, 9.17) is 0 Å². The van der Waals surface area contributed by atoms with Crippen molar-refractivity contribution in [1.82, 2.24) is 0 Å². The molecule has 0 saturated heterocycles. The zero-order valence-corrected chi connectivity index (χ0v) is 53.6. The Morgan fingerprint density at radius 1 is 0.333 bits per heavy atom. The number of aryl methyl sites for hydroxylation is 8. The van der Waals surface area contributed by atoms with E-state index < -0.39 is 0 Å². The Labute approximate surface area is 503 Å². The third kappa shape index (κ3) is 16.7. The molecule has 0 fully saturated rings. The molecule has 1 unspecified atom stereocenters. The quantitative estimate of drug-likeness (QED) is 0.0566. The topological polar surface area (TPSA) is 162 Å². The van der Waals surface area contributed by atoms with E-state index in [2.05, 4.69) is 93.5 Å². The van der Waals surface area contributed by atoms with E-state index >= 15 is 0 Å². The van der Waals surface area contributed by atoms with Crippen LogP contribution >= 0.6 is 0 Å². The van der Waals surface area contributed by atoms with Crippen LogP contribution in [0.15, 0.2) is 146 Å². The largest absolute Gasteiger partial charge is 0.508 e. The van der Waals surface area contributed by atoms with Gasteiger partial charge in [-0.05, 0) is 212 Å². The second-order valence-corrected chi connectivity index (χ2v) is 24.0. The van der Waals surface area contributed by atoms with E-state index in [9.17, 15) is 40.9 Å². The lowest BCUT2D eigenvalue weighted by molar-refractivity contribution is 0.362. The molecule has 84 heavy (non-hydrogen) atoms. The van der Waals surface area contributed by atoms with E-state index in [1.165, 1.54) is 39.8 Å². The molecule has 8 nitrogen and oxygen atoms in total. The molecule has 0 aliphatic heterocycles. The summed E-state index contributed by atoms with van der Waals surface area (Å²) in [4.78, 5) is 0. The smallest absolute Gasteiger partial charge is 0.118 e. The first kappa shape index (κ1) is 68.7. The molecular formula is C76H98O8. The molecule has 8 rings (SSSR count). The maximum absolute atomic E-state index is 9.82. The van der Waals surface area contributed by atoms with Crippen LogP contribution in [0.2, 0.25) is 0 Å². The normalized spacial score (nSPS) is 11.7. The van der Waals surface area contributed by atoms with Crippen LogP contribution in [0.3, 0.4) is 0 Å². The van der Waals surface area contributed by atoms with Gasteiger partial charge in [-0.25, -0.2) is 0 Å². The zero-order chi connectivity index (χ0) is 63.0.